The molecule has 0 bridgehead atoms. The molecule has 1 aromatic heterocycles. The lowest BCUT2D eigenvalue weighted by Gasteiger charge is -2.12. The van der Waals surface area contributed by atoms with Gasteiger partial charge in [0.2, 0.25) is 5.91 Å². The third kappa shape index (κ3) is 6.96. The molecule has 0 aliphatic heterocycles. The van der Waals surface area contributed by atoms with Crippen molar-refractivity contribution in [3.8, 4) is 0 Å². The van der Waals surface area contributed by atoms with Gasteiger partial charge in [-0.15, -0.1) is 0 Å². The molecule has 0 saturated heterocycles. The highest BCUT2D eigenvalue weighted by molar-refractivity contribution is 5.78. The molecule has 1 rings (SSSR count). The van der Waals surface area contributed by atoms with Crippen LogP contribution < -0.4 is 11.1 Å². The zero-order valence-electron chi connectivity index (χ0n) is 12.0. The molecule has 0 spiro atoms. The Bertz CT molecular complexity index is 348. The van der Waals surface area contributed by atoms with Gasteiger partial charge in [-0.3, -0.25) is 4.79 Å². The van der Waals surface area contributed by atoms with E-state index in [0.717, 1.165) is 37.9 Å². The first-order valence-electron chi connectivity index (χ1n) is 7.11. The molecule has 2 unspecified atom stereocenters. The summed E-state index contributed by atoms with van der Waals surface area (Å²) >= 11 is 0. The normalized spacial score (nSPS) is 14.1. The molecule has 1 heterocycles. The minimum absolute atomic E-state index is 0.0716. The molecule has 5 nitrogen and oxygen atoms in total. The van der Waals surface area contributed by atoms with Crippen LogP contribution in [0.2, 0.25) is 0 Å². The van der Waals surface area contributed by atoms with Crippen molar-refractivity contribution in [2.75, 3.05) is 6.54 Å². The van der Waals surface area contributed by atoms with Gasteiger partial charge in [-0.25, -0.2) is 4.98 Å². The van der Waals surface area contributed by atoms with E-state index in [4.69, 9.17) is 5.73 Å². The molecule has 0 saturated carbocycles. The number of hydrogen-bond donors (Lipinski definition) is 3. The molecule has 0 aromatic carbocycles. The highest BCUT2D eigenvalue weighted by Gasteiger charge is 2.12. The number of imidazole rings is 1. The van der Waals surface area contributed by atoms with Crippen molar-refractivity contribution in [1.29, 1.82) is 0 Å². The fourth-order valence-corrected chi connectivity index (χ4v) is 1.95. The molecular formula is C14H26N4O. The summed E-state index contributed by atoms with van der Waals surface area (Å²) in [5.74, 6) is 1.19. The first-order chi connectivity index (χ1) is 9.09. The van der Waals surface area contributed by atoms with E-state index in [1.165, 1.54) is 0 Å². The van der Waals surface area contributed by atoms with Crippen molar-refractivity contribution in [2.24, 2.45) is 11.7 Å². The van der Waals surface area contributed by atoms with Crippen LogP contribution in [-0.4, -0.2) is 28.5 Å². The smallest absolute Gasteiger partial charge is 0.222 e. The average molecular weight is 266 g/mol. The Morgan fingerprint density at radius 1 is 1.42 bits per heavy atom. The van der Waals surface area contributed by atoms with E-state index in [-0.39, 0.29) is 17.9 Å². The van der Waals surface area contributed by atoms with Gasteiger partial charge in [-0.05, 0) is 26.2 Å². The molecule has 4 N–H and O–H groups in total. The van der Waals surface area contributed by atoms with Gasteiger partial charge in [0, 0.05) is 37.3 Å². The highest BCUT2D eigenvalue weighted by atomic mass is 16.1. The second-order valence-corrected chi connectivity index (χ2v) is 5.24. The summed E-state index contributed by atoms with van der Waals surface area (Å²) in [5.41, 5.74) is 5.69. The fourth-order valence-electron chi connectivity index (χ4n) is 1.95. The zero-order chi connectivity index (χ0) is 14.1. The minimum atomic E-state index is 0.0716. The van der Waals surface area contributed by atoms with Crippen molar-refractivity contribution >= 4 is 5.91 Å². The number of nitrogens with one attached hydrogen (secondary N) is 2. The van der Waals surface area contributed by atoms with Crippen LogP contribution in [0.4, 0.5) is 0 Å². The molecule has 1 aromatic rings. The van der Waals surface area contributed by atoms with Crippen molar-refractivity contribution in [2.45, 2.75) is 52.0 Å². The number of rotatable bonds is 9. The number of nitrogens with zero attached hydrogens (tertiary/aromatic N) is 1. The third-order valence-corrected chi connectivity index (χ3v) is 3.19. The van der Waals surface area contributed by atoms with E-state index in [9.17, 15) is 4.79 Å². The second kappa shape index (κ2) is 8.69. The van der Waals surface area contributed by atoms with Gasteiger partial charge in [0.05, 0.1) is 0 Å². The Morgan fingerprint density at radius 2 is 2.21 bits per heavy atom. The van der Waals surface area contributed by atoms with Crippen LogP contribution in [0.5, 0.6) is 0 Å². The van der Waals surface area contributed by atoms with Crippen LogP contribution in [0.25, 0.3) is 0 Å². The Hall–Kier alpha value is -1.36. The van der Waals surface area contributed by atoms with Crippen molar-refractivity contribution in [3.63, 3.8) is 0 Å². The van der Waals surface area contributed by atoms with E-state index >= 15 is 0 Å². The molecule has 2 atom stereocenters. The van der Waals surface area contributed by atoms with Gasteiger partial charge in [0.15, 0.2) is 0 Å². The molecule has 0 radical (unpaired) electrons. The standard InChI is InChI=1S/C14H26N4O/c1-11(5-3-6-12(2)15)14(19)18-8-4-7-13-16-9-10-17-13/h9-12H,3-8,15H2,1-2H3,(H,16,17)(H,18,19). The summed E-state index contributed by atoms with van der Waals surface area (Å²) in [4.78, 5) is 19.0. The quantitative estimate of drug-likeness (QED) is 0.594. The van der Waals surface area contributed by atoms with E-state index in [1.807, 2.05) is 20.0 Å². The van der Waals surface area contributed by atoms with Crippen molar-refractivity contribution < 1.29 is 4.79 Å². The number of amides is 1. The summed E-state index contributed by atoms with van der Waals surface area (Å²) in [6.45, 7) is 4.68. The monoisotopic (exact) mass is 266 g/mol. The maximum atomic E-state index is 11.8. The maximum Gasteiger partial charge on any atom is 0.222 e. The zero-order valence-corrected chi connectivity index (χ0v) is 12.0. The number of aryl methyl sites for hydroxylation is 1. The minimum Gasteiger partial charge on any atom is -0.356 e. The van der Waals surface area contributed by atoms with E-state index in [0.29, 0.717) is 6.54 Å². The largest absolute Gasteiger partial charge is 0.356 e. The van der Waals surface area contributed by atoms with Crippen LogP contribution in [-0.2, 0) is 11.2 Å². The Labute approximate surface area is 115 Å². The SMILES string of the molecule is CC(N)CCCC(C)C(=O)NCCCc1ncc[nH]1. The Balaban J connectivity index is 2.06. The van der Waals surface area contributed by atoms with E-state index in [2.05, 4.69) is 15.3 Å². The van der Waals surface area contributed by atoms with Gasteiger partial charge < -0.3 is 16.0 Å². The lowest BCUT2D eigenvalue weighted by molar-refractivity contribution is -0.124. The average Bonchev–Trinajstić information content (AvgIpc) is 2.86. The van der Waals surface area contributed by atoms with E-state index < -0.39 is 0 Å². The van der Waals surface area contributed by atoms with Gasteiger partial charge in [-0.2, -0.15) is 0 Å². The molecule has 0 aliphatic carbocycles. The van der Waals surface area contributed by atoms with E-state index in [1.54, 1.807) is 6.20 Å². The summed E-state index contributed by atoms with van der Waals surface area (Å²) in [5, 5.41) is 2.97. The molecule has 19 heavy (non-hydrogen) atoms. The summed E-state index contributed by atoms with van der Waals surface area (Å²) in [7, 11) is 0. The lowest BCUT2D eigenvalue weighted by Crippen LogP contribution is -2.30. The summed E-state index contributed by atoms with van der Waals surface area (Å²) in [6, 6.07) is 0.226. The third-order valence-electron chi connectivity index (χ3n) is 3.19. The highest BCUT2D eigenvalue weighted by Crippen LogP contribution is 2.09. The topological polar surface area (TPSA) is 83.8 Å². The van der Waals surface area contributed by atoms with Crippen molar-refractivity contribution in [3.05, 3.63) is 18.2 Å². The molecule has 0 fully saturated rings. The van der Waals surface area contributed by atoms with Crippen LogP contribution in [0.15, 0.2) is 12.4 Å². The first kappa shape index (κ1) is 15.7. The number of carbonyl (C=O) groups is 1. The molecule has 108 valence electrons. The summed E-state index contributed by atoms with van der Waals surface area (Å²) in [6.07, 6.45) is 8.24. The Morgan fingerprint density at radius 3 is 2.84 bits per heavy atom. The number of aromatic amines is 1. The number of hydrogen-bond acceptors (Lipinski definition) is 3. The molecular weight excluding hydrogens is 240 g/mol. The van der Waals surface area contributed by atoms with Crippen LogP contribution in [0, 0.1) is 5.92 Å². The van der Waals surface area contributed by atoms with Crippen molar-refractivity contribution in [1.82, 2.24) is 15.3 Å². The van der Waals surface area contributed by atoms with Crippen LogP contribution >= 0.6 is 0 Å². The van der Waals surface area contributed by atoms with Gasteiger partial charge in [0.1, 0.15) is 5.82 Å². The number of carbonyl (C=O) groups excluding carboxylic acids is 1. The summed E-state index contributed by atoms with van der Waals surface area (Å²) < 4.78 is 0. The van der Waals surface area contributed by atoms with Gasteiger partial charge >= 0.3 is 0 Å². The lowest BCUT2D eigenvalue weighted by atomic mass is 10.0. The first-order valence-corrected chi connectivity index (χ1v) is 7.11. The second-order valence-electron chi connectivity index (χ2n) is 5.24. The van der Waals surface area contributed by atoms with Crippen LogP contribution in [0.1, 0.15) is 45.4 Å². The van der Waals surface area contributed by atoms with Crippen LogP contribution in [0.3, 0.4) is 0 Å². The number of H-pyrrole nitrogens is 1. The molecule has 1 amide bonds. The van der Waals surface area contributed by atoms with Gasteiger partial charge in [0.25, 0.3) is 0 Å². The number of nitrogens with two attached hydrogens (primary N) is 1. The fraction of sp³-hybridized carbons (Fsp3) is 0.714. The predicted molar refractivity (Wildman–Crippen MR) is 76.6 cm³/mol. The van der Waals surface area contributed by atoms with Gasteiger partial charge in [-0.1, -0.05) is 13.3 Å². The molecule has 0 aliphatic rings. The number of aromatic nitrogens is 2. The predicted octanol–water partition coefficient (Wildman–Crippen LogP) is 1.61. The molecule has 5 heteroatoms. The Kier molecular flexibility index (Phi) is 7.18. The maximum absolute atomic E-state index is 11.8.